The average Bonchev–Trinajstić information content (AvgIpc) is 2.61. The van der Waals surface area contributed by atoms with Crippen molar-refractivity contribution in [1.29, 1.82) is 0 Å². The first kappa shape index (κ1) is 27.3. The summed E-state index contributed by atoms with van der Waals surface area (Å²) in [6, 6.07) is 0. The van der Waals surface area contributed by atoms with Crippen molar-refractivity contribution in [1.82, 2.24) is 20.9 Å². The van der Waals surface area contributed by atoms with Gasteiger partial charge in [-0.15, -0.1) is 0 Å². The summed E-state index contributed by atoms with van der Waals surface area (Å²) < 4.78 is 72.7. The molecule has 4 amide bonds. The van der Waals surface area contributed by atoms with Crippen molar-refractivity contribution >= 4 is 23.8 Å². The van der Waals surface area contributed by atoms with Crippen LogP contribution in [0.5, 0.6) is 0 Å². The van der Waals surface area contributed by atoms with Gasteiger partial charge in [0.2, 0.25) is 5.91 Å². The lowest BCUT2D eigenvalue weighted by Gasteiger charge is -2.23. The summed E-state index contributed by atoms with van der Waals surface area (Å²) in [5, 5.41) is 13.7. The van der Waals surface area contributed by atoms with Crippen LogP contribution < -0.4 is 16.0 Å². The zero-order valence-electron chi connectivity index (χ0n) is 15.7. The maximum absolute atomic E-state index is 12.2. The molecule has 0 unspecified atom stereocenters. The highest BCUT2D eigenvalue weighted by molar-refractivity contribution is 5.82. The minimum atomic E-state index is -5.05. The van der Waals surface area contributed by atoms with Crippen LogP contribution in [0.4, 0.5) is 31.1 Å². The summed E-state index contributed by atoms with van der Waals surface area (Å²) in [4.78, 5) is 45.1. The highest BCUT2D eigenvalue weighted by Crippen LogP contribution is 2.14. The minimum Gasteiger partial charge on any atom is -0.465 e. The van der Waals surface area contributed by atoms with E-state index in [9.17, 15) is 45.5 Å². The smallest absolute Gasteiger partial charge is 0.465 e. The van der Waals surface area contributed by atoms with E-state index in [1.165, 1.54) is 0 Å². The lowest BCUT2D eigenvalue weighted by molar-refractivity contribution is -0.173. The molecular formula is C15H22F6N4O5. The molecule has 0 heterocycles. The molecule has 0 aliphatic carbocycles. The van der Waals surface area contributed by atoms with E-state index in [2.05, 4.69) is 0 Å². The van der Waals surface area contributed by atoms with E-state index in [1.54, 1.807) is 10.6 Å². The molecule has 0 fully saturated rings. The Bertz CT molecular complexity index is 563. The molecule has 9 nitrogen and oxygen atoms in total. The molecule has 0 aromatic carbocycles. The molecule has 0 aromatic rings. The summed E-state index contributed by atoms with van der Waals surface area (Å²) >= 11 is 0. The van der Waals surface area contributed by atoms with Gasteiger partial charge >= 0.3 is 30.3 Å². The summed E-state index contributed by atoms with van der Waals surface area (Å²) in [6.45, 7) is -1.02. The first-order valence-corrected chi connectivity index (χ1v) is 8.69. The van der Waals surface area contributed by atoms with Gasteiger partial charge in [-0.2, -0.15) is 26.3 Å². The Kier molecular flexibility index (Phi) is 11.6. The molecule has 0 aliphatic rings. The highest BCUT2D eigenvalue weighted by atomic mass is 19.4. The molecule has 0 saturated carbocycles. The van der Waals surface area contributed by atoms with Crippen molar-refractivity contribution in [2.75, 3.05) is 32.7 Å². The quantitative estimate of drug-likeness (QED) is 0.260. The summed E-state index contributed by atoms with van der Waals surface area (Å²) in [5.41, 5.74) is 0. The number of nitrogens with zero attached hydrogens (tertiary/aromatic N) is 1. The summed E-state index contributed by atoms with van der Waals surface area (Å²) in [5.74, 6) is -4.79. The van der Waals surface area contributed by atoms with Crippen LogP contribution >= 0.6 is 0 Å². The summed E-state index contributed by atoms with van der Waals surface area (Å²) in [6.07, 6.45) is -11.5. The number of rotatable bonds is 12. The van der Waals surface area contributed by atoms with Gasteiger partial charge in [-0.05, 0) is 19.3 Å². The van der Waals surface area contributed by atoms with Gasteiger partial charge in [-0.3, -0.25) is 14.4 Å². The van der Waals surface area contributed by atoms with Crippen LogP contribution in [0.15, 0.2) is 0 Å². The predicted octanol–water partition coefficient (Wildman–Crippen LogP) is 1.000. The van der Waals surface area contributed by atoms with Gasteiger partial charge < -0.3 is 26.0 Å². The Hall–Kier alpha value is -2.74. The Morgan fingerprint density at radius 2 is 1.10 bits per heavy atom. The molecule has 0 atom stereocenters. The third-order valence-corrected chi connectivity index (χ3v) is 3.49. The molecule has 0 aromatic heterocycles. The van der Waals surface area contributed by atoms with E-state index in [0.29, 0.717) is 0 Å². The molecule has 15 heteroatoms. The Morgan fingerprint density at radius 1 is 0.700 bits per heavy atom. The van der Waals surface area contributed by atoms with E-state index in [1.807, 2.05) is 5.32 Å². The Balaban J connectivity index is 4.53. The standard InChI is InChI=1S/C15H22F6N4O5/c16-14(17,18)11(27)22-6-2-8-25(10(26)4-1-5-24-13(29)30)9-3-7-23-12(28)15(19,20)21/h24H,1-9H2,(H,22,27)(H,23,28)(H,29,30). The largest absolute Gasteiger partial charge is 0.471 e. The Labute approximate surface area is 167 Å². The van der Waals surface area contributed by atoms with E-state index in [-0.39, 0.29) is 45.3 Å². The van der Waals surface area contributed by atoms with Crippen molar-refractivity contribution in [3.8, 4) is 0 Å². The number of halogens is 6. The second-order valence-corrected chi connectivity index (χ2v) is 5.93. The maximum Gasteiger partial charge on any atom is 0.471 e. The van der Waals surface area contributed by atoms with Crippen molar-refractivity contribution < 1.29 is 50.6 Å². The topological polar surface area (TPSA) is 128 Å². The fourth-order valence-electron chi connectivity index (χ4n) is 2.10. The van der Waals surface area contributed by atoms with E-state index >= 15 is 0 Å². The van der Waals surface area contributed by atoms with Gasteiger partial charge in [0.25, 0.3) is 0 Å². The number of carbonyl (C=O) groups is 4. The van der Waals surface area contributed by atoms with Gasteiger partial charge in [0.05, 0.1) is 0 Å². The minimum absolute atomic E-state index is 0.0296. The van der Waals surface area contributed by atoms with Gasteiger partial charge in [-0.1, -0.05) is 0 Å². The molecule has 174 valence electrons. The number of nitrogens with one attached hydrogen (secondary N) is 3. The lowest BCUT2D eigenvalue weighted by atomic mass is 10.2. The molecule has 0 bridgehead atoms. The van der Waals surface area contributed by atoms with Crippen LogP contribution in [-0.2, 0) is 14.4 Å². The van der Waals surface area contributed by atoms with E-state index < -0.39 is 49.3 Å². The van der Waals surface area contributed by atoms with Gasteiger partial charge in [0, 0.05) is 39.1 Å². The summed E-state index contributed by atoms with van der Waals surface area (Å²) in [7, 11) is 0. The fourth-order valence-corrected chi connectivity index (χ4v) is 2.10. The third kappa shape index (κ3) is 12.7. The second kappa shape index (κ2) is 12.7. The molecule has 0 saturated heterocycles. The van der Waals surface area contributed by atoms with Crippen molar-refractivity contribution in [3.63, 3.8) is 0 Å². The number of carbonyl (C=O) groups excluding carboxylic acids is 3. The van der Waals surface area contributed by atoms with Crippen molar-refractivity contribution in [2.24, 2.45) is 0 Å². The highest BCUT2D eigenvalue weighted by Gasteiger charge is 2.38. The molecule has 0 aliphatic heterocycles. The van der Waals surface area contributed by atoms with Crippen LogP contribution in [0.25, 0.3) is 0 Å². The van der Waals surface area contributed by atoms with Crippen LogP contribution in [0.1, 0.15) is 25.7 Å². The molecule has 4 N–H and O–H groups in total. The van der Waals surface area contributed by atoms with Crippen molar-refractivity contribution in [2.45, 2.75) is 38.0 Å². The zero-order chi connectivity index (χ0) is 23.4. The monoisotopic (exact) mass is 452 g/mol. The molecular weight excluding hydrogens is 430 g/mol. The van der Waals surface area contributed by atoms with Crippen LogP contribution in [0.3, 0.4) is 0 Å². The van der Waals surface area contributed by atoms with Gasteiger partial charge in [-0.25, -0.2) is 4.79 Å². The lowest BCUT2D eigenvalue weighted by Crippen LogP contribution is -2.41. The fraction of sp³-hybridized carbons (Fsp3) is 0.733. The maximum atomic E-state index is 12.2. The van der Waals surface area contributed by atoms with Crippen molar-refractivity contribution in [3.05, 3.63) is 0 Å². The SMILES string of the molecule is O=C(O)NCCCC(=O)N(CCCNC(=O)C(F)(F)F)CCCNC(=O)C(F)(F)F. The molecule has 0 radical (unpaired) electrons. The Morgan fingerprint density at radius 3 is 1.47 bits per heavy atom. The van der Waals surface area contributed by atoms with Crippen LogP contribution in [-0.4, -0.2) is 78.9 Å². The number of carboxylic acid groups (broad SMARTS) is 1. The molecule has 0 spiro atoms. The van der Waals surface area contributed by atoms with E-state index in [4.69, 9.17) is 5.11 Å². The normalized spacial score (nSPS) is 11.5. The second-order valence-electron chi connectivity index (χ2n) is 5.93. The average molecular weight is 452 g/mol. The zero-order valence-corrected chi connectivity index (χ0v) is 15.7. The van der Waals surface area contributed by atoms with Gasteiger partial charge in [0.15, 0.2) is 0 Å². The third-order valence-electron chi connectivity index (χ3n) is 3.49. The predicted molar refractivity (Wildman–Crippen MR) is 89.2 cm³/mol. The number of hydrogen-bond donors (Lipinski definition) is 4. The first-order chi connectivity index (χ1) is 13.7. The van der Waals surface area contributed by atoms with Crippen LogP contribution in [0, 0.1) is 0 Å². The van der Waals surface area contributed by atoms with Crippen LogP contribution in [0.2, 0.25) is 0 Å². The van der Waals surface area contributed by atoms with Gasteiger partial charge in [0.1, 0.15) is 0 Å². The first-order valence-electron chi connectivity index (χ1n) is 8.69. The number of alkyl halides is 6. The van der Waals surface area contributed by atoms with E-state index in [0.717, 1.165) is 4.90 Å². The number of hydrogen-bond acceptors (Lipinski definition) is 4. The molecule has 0 rings (SSSR count). The molecule has 30 heavy (non-hydrogen) atoms. The number of amides is 4.